The lowest BCUT2D eigenvalue weighted by atomic mass is 10.2. The molecule has 0 bridgehead atoms. The molecule has 24 heavy (non-hydrogen) atoms. The third-order valence-corrected chi connectivity index (χ3v) is 3.97. The van der Waals surface area contributed by atoms with Crippen LogP contribution in [-0.2, 0) is 13.2 Å². The van der Waals surface area contributed by atoms with Crippen LogP contribution in [0.3, 0.4) is 0 Å². The first-order valence-electron chi connectivity index (χ1n) is 7.53. The maximum absolute atomic E-state index is 5.87. The molecule has 0 amide bonds. The van der Waals surface area contributed by atoms with Crippen molar-refractivity contribution >= 4 is 23.2 Å². The Hall–Kier alpha value is -2.16. The molecule has 0 unspecified atom stereocenters. The molecule has 0 N–H and O–H groups in total. The molecule has 0 fully saturated rings. The summed E-state index contributed by atoms with van der Waals surface area (Å²) in [5, 5.41) is 1.45. The lowest BCUT2D eigenvalue weighted by Gasteiger charge is -2.09. The zero-order chi connectivity index (χ0) is 16.8. The zero-order valence-electron chi connectivity index (χ0n) is 12.9. The molecule has 0 atom stereocenters. The fourth-order valence-corrected chi connectivity index (χ4v) is 2.38. The zero-order valence-corrected chi connectivity index (χ0v) is 14.4. The van der Waals surface area contributed by atoms with Crippen molar-refractivity contribution in [2.45, 2.75) is 13.2 Å². The minimum absolute atomic E-state index is 0.502. The summed E-state index contributed by atoms with van der Waals surface area (Å²) in [6.45, 7) is 1.00. The molecule has 0 aromatic heterocycles. The summed E-state index contributed by atoms with van der Waals surface area (Å²) in [4.78, 5) is 0. The van der Waals surface area contributed by atoms with Gasteiger partial charge < -0.3 is 9.47 Å². The van der Waals surface area contributed by atoms with Gasteiger partial charge in [0.1, 0.15) is 24.7 Å². The Morgan fingerprint density at radius 2 is 0.833 bits per heavy atom. The monoisotopic (exact) mass is 358 g/mol. The Kier molecular flexibility index (Phi) is 5.63. The highest BCUT2D eigenvalue weighted by Gasteiger charge is 2.00. The fraction of sp³-hybridized carbons (Fsp3) is 0.100. The van der Waals surface area contributed by atoms with Crippen LogP contribution in [0.1, 0.15) is 11.1 Å². The maximum Gasteiger partial charge on any atom is 0.120 e. The minimum atomic E-state index is 0.502. The normalized spacial score (nSPS) is 10.4. The number of ether oxygens (including phenoxy) is 2. The molecule has 0 aliphatic rings. The van der Waals surface area contributed by atoms with Crippen molar-refractivity contribution in [3.63, 3.8) is 0 Å². The van der Waals surface area contributed by atoms with Gasteiger partial charge in [-0.1, -0.05) is 47.5 Å². The lowest BCUT2D eigenvalue weighted by Crippen LogP contribution is -1.97. The van der Waals surface area contributed by atoms with Gasteiger partial charge in [-0.2, -0.15) is 0 Å². The Balaban J connectivity index is 1.51. The van der Waals surface area contributed by atoms with Crippen LogP contribution in [-0.4, -0.2) is 0 Å². The molecule has 122 valence electrons. The SMILES string of the molecule is Clc1ccc(COc2ccc(OCc3ccc(Cl)cc3)cc2)cc1. The van der Waals surface area contributed by atoms with Gasteiger partial charge in [0.25, 0.3) is 0 Å². The average Bonchev–Trinajstić information content (AvgIpc) is 2.62. The van der Waals surface area contributed by atoms with Crippen LogP contribution in [0, 0.1) is 0 Å². The smallest absolute Gasteiger partial charge is 0.120 e. The standard InChI is InChI=1S/C20H16Cl2O2/c21-17-5-1-15(2-6-17)13-23-19-9-11-20(12-10-19)24-14-16-3-7-18(22)8-4-16/h1-12H,13-14H2. The van der Waals surface area contributed by atoms with Gasteiger partial charge in [0.05, 0.1) is 0 Å². The van der Waals surface area contributed by atoms with Crippen molar-refractivity contribution < 1.29 is 9.47 Å². The predicted molar refractivity (Wildman–Crippen MR) is 98.0 cm³/mol. The van der Waals surface area contributed by atoms with E-state index >= 15 is 0 Å². The van der Waals surface area contributed by atoms with E-state index < -0.39 is 0 Å². The molecule has 0 saturated carbocycles. The second-order valence-electron chi connectivity index (χ2n) is 5.30. The van der Waals surface area contributed by atoms with Crippen LogP contribution in [0.25, 0.3) is 0 Å². The topological polar surface area (TPSA) is 18.5 Å². The highest BCUT2D eigenvalue weighted by Crippen LogP contribution is 2.20. The van der Waals surface area contributed by atoms with Crippen molar-refractivity contribution in [2.75, 3.05) is 0 Å². The second-order valence-corrected chi connectivity index (χ2v) is 6.17. The number of halogens is 2. The van der Waals surface area contributed by atoms with E-state index in [4.69, 9.17) is 32.7 Å². The van der Waals surface area contributed by atoms with E-state index in [1.807, 2.05) is 72.8 Å². The molecule has 0 spiro atoms. The van der Waals surface area contributed by atoms with E-state index in [-0.39, 0.29) is 0 Å². The quantitative estimate of drug-likeness (QED) is 0.525. The molecule has 4 heteroatoms. The van der Waals surface area contributed by atoms with Crippen molar-refractivity contribution in [1.29, 1.82) is 0 Å². The second kappa shape index (κ2) is 8.09. The van der Waals surface area contributed by atoms with E-state index in [0.29, 0.717) is 13.2 Å². The fourth-order valence-electron chi connectivity index (χ4n) is 2.13. The highest BCUT2D eigenvalue weighted by atomic mass is 35.5. The van der Waals surface area contributed by atoms with Gasteiger partial charge in [-0.15, -0.1) is 0 Å². The molecule has 2 nitrogen and oxygen atoms in total. The Bertz CT molecular complexity index is 698. The highest BCUT2D eigenvalue weighted by molar-refractivity contribution is 6.30. The summed E-state index contributed by atoms with van der Waals surface area (Å²) in [5.74, 6) is 1.59. The van der Waals surface area contributed by atoms with Crippen molar-refractivity contribution in [3.05, 3.63) is 94.0 Å². The molecule has 0 aliphatic carbocycles. The maximum atomic E-state index is 5.87. The van der Waals surface area contributed by atoms with Crippen LogP contribution in [0.15, 0.2) is 72.8 Å². The third kappa shape index (κ3) is 4.92. The largest absolute Gasteiger partial charge is 0.489 e. The predicted octanol–water partition coefficient (Wildman–Crippen LogP) is 6.15. The van der Waals surface area contributed by atoms with Gasteiger partial charge in [0, 0.05) is 10.0 Å². The lowest BCUT2D eigenvalue weighted by molar-refractivity contribution is 0.297. The molecule has 0 aliphatic heterocycles. The van der Waals surface area contributed by atoms with Gasteiger partial charge in [-0.3, -0.25) is 0 Å². The first kappa shape index (κ1) is 16.7. The molecule has 0 saturated heterocycles. The van der Waals surface area contributed by atoms with Gasteiger partial charge in [0.15, 0.2) is 0 Å². The molecule has 3 aromatic carbocycles. The average molecular weight is 359 g/mol. The molecular formula is C20H16Cl2O2. The number of hydrogen-bond donors (Lipinski definition) is 0. The first-order valence-corrected chi connectivity index (χ1v) is 8.29. The first-order chi connectivity index (χ1) is 11.7. The van der Waals surface area contributed by atoms with Crippen LogP contribution in [0.4, 0.5) is 0 Å². The summed E-state index contributed by atoms with van der Waals surface area (Å²) < 4.78 is 11.5. The van der Waals surface area contributed by atoms with E-state index in [1.165, 1.54) is 0 Å². The Labute approximate surface area is 151 Å². The van der Waals surface area contributed by atoms with Crippen molar-refractivity contribution in [3.8, 4) is 11.5 Å². The number of hydrogen-bond acceptors (Lipinski definition) is 2. The van der Waals surface area contributed by atoms with E-state index in [0.717, 1.165) is 32.7 Å². The molecule has 3 aromatic rings. The van der Waals surface area contributed by atoms with Gasteiger partial charge in [-0.05, 0) is 59.7 Å². The third-order valence-electron chi connectivity index (χ3n) is 3.46. The van der Waals surface area contributed by atoms with Gasteiger partial charge in [0.2, 0.25) is 0 Å². The van der Waals surface area contributed by atoms with E-state index in [2.05, 4.69) is 0 Å². The molecule has 0 radical (unpaired) electrons. The molecule has 3 rings (SSSR count). The van der Waals surface area contributed by atoms with Crippen LogP contribution in [0.2, 0.25) is 10.0 Å². The summed E-state index contributed by atoms with van der Waals surface area (Å²) in [7, 11) is 0. The molecule has 0 heterocycles. The van der Waals surface area contributed by atoms with Crippen LogP contribution < -0.4 is 9.47 Å². The van der Waals surface area contributed by atoms with Crippen LogP contribution >= 0.6 is 23.2 Å². The minimum Gasteiger partial charge on any atom is -0.489 e. The van der Waals surface area contributed by atoms with Crippen molar-refractivity contribution in [1.82, 2.24) is 0 Å². The molecular weight excluding hydrogens is 343 g/mol. The Morgan fingerprint density at radius 3 is 1.17 bits per heavy atom. The van der Waals surface area contributed by atoms with E-state index in [1.54, 1.807) is 0 Å². The number of benzene rings is 3. The van der Waals surface area contributed by atoms with Crippen LogP contribution in [0.5, 0.6) is 11.5 Å². The Morgan fingerprint density at radius 1 is 0.500 bits per heavy atom. The summed E-state index contributed by atoms with van der Waals surface area (Å²) in [6.07, 6.45) is 0. The summed E-state index contributed by atoms with van der Waals surface area (Å²) in [6, 6.07) is 22.8. The van der Waals surface area contributed by atoms with E-state index in [9.17, 15) is 0 Å². The van der Waals surface area contributed by atoms with Gasteiger partial charge >= 0.3 is 0 Å². The van der Waals surface area contributed by atoms with Crippen molar-refractivity contribution in [2.24, 2.45) is 0 Å². The summed E-state index contributed by atoms with van der Waals surface area (Å²) in [5.41, 5.74) is 2.14. The number of rotatable bonds is 6. The van der Waals surface area contributed by atoms with Gasteiger partial charge in [-0.25, -0.2) is 0 Å². The summed E-state index contributed by atoms with van der Waals surface area (Å²) >= 11 is 11.7.